The maximum absolute atomic E-state index is 11.8. The van der Waals surface area contributed by atoms with Gasteiger partial charge in [-0.05, 0) is 19.9 Å². The fraction of sp³-hybridized carbons (Fsp3) is 0.727. The lowest BCUT2D eigenvalue weighted by Gasteiger charge is -2.30. The van der Waals surface area contributed by atoms with E-state index in [1.54, 1.807) is 6.08 Å². The molecule has 0 aliphatic carbocycles. The smallest absolute Gasteiger partial charge is 0.236 e. The van der Waals surface area contributed by atoms with Gasteiger partial charge in [0, 0.05) is 25.2 Å². The van der Waals surface area contributed by atoms with Gasteiger partial charge < -0.3 is 10.0 Å². The number of hydrogen-bond acceptors (Lipinski definition) is 3. The summed E-state index contributed by atoms with van der Waals surface area (Å²) in [6, 6.07) is 0. The van der Waals surface area contributed by atoms with Crippen molar-refractivity contribution < 1.29 is 9.90 Å². The summed E-state index contributed by atoms with van der Waals surface area (Å²) in [6.07, 6.45) is 2.95. The van der Waals surface area contributed by atoms with E-state index in [1.165, 1.54) is 5.54 Å². The molecule has 1 fully saturated rings. The molecule has 1 aliphatic rings. The second kappa shape index (κ2) is 6.89. The van der Waals surface area contributed by atoms with Gasteiger partial charge in [-0.2, -0.15) is 0 Å². The Kier molecular flexibility index (Phi) is 5.80. The SMILES string of the molecule is CN(C/C=C/Cl)CC(=O)N1CCC(O)CC1. The minimum Gasteiger partial charge on any atom is -0.393 e. The summed E-state index contributed by atoms with van der Waals surface area (Å²) in [6.45, 7) is 2.40. The standard InChI is InChI=1S/C11H19ClN2O2/c1-13(6-2-5-12)9-11(16)14-7-3-10(15)4-8-14/h2,5,10,15H,3-4,6-9H2,1H3/b5-2+. The molecule has 0 bridgehead atoms. The Labute approximate surface area is 101 Å². The largest absolute Gasteiger partial charge is 0.393 e. The number of aliphatic hydroxyl groups is 1. The van der Waals surface area contributed by atoms with Crippen LogP contribution in [-0.2, 0) is 4.79 Å². The van der Waals surface area contributed by atoms with Gasteiger partial charge in [0.2, 0.25) is 5.91 Å². The summed E-state index contributed by atoms with van der Waals surface area (Å²) in [5, 5.41) is 9.33. The first-order chi connectivity index (χ1) is 7.63. The second-order valence-electron chi connectivity index (χ2n) is 4.17. The molecule has 0 atom stereocenters. The van der Waals surface area contributed by atoms with Gasteiger partial charge >= 0.3 is 0 Å². The number of aliphatic hydroxyl groups excluding tert-OH is 1. The number of piperidine rings is 1. The second-order valence-corrected chi connectivity index (χ2v) is 4.42. The van der Waals surface area contributed by atoms with Crippen LogP contribution >= 0.6 is 11.6 Å². The van der Waals surface area contributed by atoms with Crippen molar-refractivity contribution >= 4 is 17.5 Å². The highest BCUT2D eigenvalue weighted by molar-refractivity contribution is 6.25. The van der Waals surface area contributed by atoms with Crippen LogP contribution in [0.25, 0.3) is 0 Å². The van der Waals surface area contributed by atoms with E-state index in [9.17, 15) is 9.90 Å². The van der Waals surface area contributed by atoms with Crippen LogP contribution in [0.1, 0.15) is 12.8 Å². The topological polar surface area (TPSA) is 43.8 Å². The summed E-state index contributed by atoms with van der Waals surface area (Å²) in [5.41, 5.74) is 1.46. The van der Waals surface area contributed by atoms with Gasteiger partial charge in [0.25, 0.3) is 0 Å². The lowest BCUT2D eigenvalue weighted by atomic mass is 10.1. The molecule has 5 heteroatoms. The predicted molar refractivity (Wildman–Crippen MR) is 64.3 cm³/mol. The lowest BCUT2D eigenvalue weighted by Crippen LogP contribution is -2.44. The van der Waals surface area contributed by atoms with E-state index in [4.69, 9.17) is 11.6 Å². The van der Waals surface area contributed by atoms with Crippen molar-refractivity contribution in [3.05, 3.63) is 11.6 Å². The Morgan fingerprint density at radius 2 is 2.19 bits per heavy atom. The van der Waals surface area contributed by atoms with Crippen molar-refractivity contribution in [2.24, 2.45) is 0 Å². The molecule has 0 spiro atoms. The lowest BCUT2D eigenvalue weighted by molar-refractivity contribution is -0.133. The first-order valence-electron chi connectivity index (χ1n) is 5.53. The first kappa shape index (κ1) is 13.5. The highest BCUT2D eigenvalue weighted by Gasteiger charge is 2.21. The molecular weight excluding hydrogens is 228 g/mol. The monoisotopic (exact) mass is 246 g/mol. The molecule has 0 unspecified atom stereocenters. The third-order valence-corrected chi connectivity index (χ3v) is 2.91. The highest BCUT2D eigenvalue weighted by atomic mass is 35.5. The molecule has 1 rings (SSSR count). The number of amides is 1. The van der Waals surface area contributed by atoms with Crippen LogP contribution in [-0.4, -0.2) is 60.1 Å². The van der Waals surface area contributed by atoms with E-state index in [1.807, 2.05) is 16.8 Å². The van der Waals surface area contributed by atoms with Gasteiger partial charge in [-0.1, -0.05) is 17.7 Å². The van der Waals surface area contributed by atoms with E-state index in [0.29, 0.717) is 39.0 Å². The quantitative estimate of drug-likeness (QED) is 0.793. The maximum Gasteiger partial charge on any atom is 0.236 e. The van der Waals surface area contributed by atoms with Gasteiger partial charge in [-0.25, -0.2) is 0 Å². The van der Waals surface area contributed by atoms with E-state index >= 15 is 0 Å². The van der Waals surface area contributed by atoms with E-state index in [0.717, 1.165) is 0 Å². The van der Waals surface area contributed by atoms with Crippen LogP contribution in [0.15, 0.2) is 11.6 Å². The number of hydrogen-bond donors (Lipinski definition) is 1. The number of halogens is 1. The van der Waals surface area contributed by atoms with Gasteiger partial charge in [0.05, 0.1) is 12.6 Å². The molecule has 16 heavy (non-hydrogen) atoms. The van der Waals surface area contributed by atoms with Crippen molar-refractivity contribution in [3.63, 3.8) is 0 Å². The molecule has 92 valence electrons. The molecule has 1 saturated heterocycles. The molecule has 0 radical (unpaired) electrons. The third kappa shape index (κ3) is 4.51. The van der Waals surface area contributed by atoms with Crippen molar-refractivity contribution in [2.75, 3.05) is 33.2 Å². The molecule has 1 aliphatic heterocycles. The normalized spacial score (nSPS) is 18.6. The van der Waals surface area contributed by atoms with Crippen molar-refractivity contribution in [3.8, 4) is 0 Å². The first-order valence-corrected chi connectivity index (χ1v) is 5.96. The minimum absolute atomic E-state index is 0.123. The number of nitrogens with zero attached hydrogens (tertiary/aromatic N) is 2. The Morgan fingerprint density at radius 1 is 1.56 bits per heavy atom. The fourth-order valence-electron chi connectivity index (χ4n) is 1.73. The van der Waals surface area contributed by atoms with E-state index in [2.05, 4.69) is 0 Å². The van der Waals surface area contributed by atoms with Gasteiger partial charge in [0.1, 0.15) is 0 Å². The van der Waals surface area contributed by atoms with Crippen LogP contribution in [0.5, 0.6) is 0 Å². The summed E-state index contributed by atoms with van der Waals surface area (Å²) in [4.78, 5) is 15.5. The summed E-state index contributed by atoms with van der Waals surface area (Å²) < 4.78 is 0. The maximum atomic E-state index is 11.8. The third-order valence-electron chi connectivity index (χ3n) is 2.73. The highest BCUT2D eigenvalue weighted by Crippen LogP contribution is 2.10. The van der Waals surface area contributed by atoms with E-state index in [-0.39, 0.29) is 12.0 Å². The van der Waals surface area contributed by atoms with Crippen LogP contribution in [0.2, 0.25) is 0 Å². The van der Waals surface area contributed by atoms with Crippen molar-refractivity contribution in [1.29, 1.82) is 0 Å². The Balaban J connectivity index is 2.29. The van der Waals surface area contributed by atoms with E-state index < -0.39 is 0 Å². The Bertz CT molecular complexity index is 250. The predicted octanol–water partition coefficient (Wildman–Crippen LogP) is 0.654. The minimum atomic E-state index is -0.235. The number of likely N-dealkylation sites (tertiary alicyclic amines) is 1. The molecular formula is C11H19ClN2O2. The van der Waals surface area contributed by atoms with Gasteiger partial charge in [-0.3, -0.25) is 9.69 Å². The average molecular weight is 247 g/mol. The van der Waals surface area contributed by atoms with Gasteiger partial charge in [-0.15, -0.1) is 0 Å². The Hall–Kier alpha value is -0.580. The van der Waals surface area contributed by atoms with Crippen LogP contribution in [0.3, 0.4) is 0 Å². The molecule has 4 nitrogen and oxygen atoms in total. The van der Waals surface area contributed by atoms with Gasteiger partial charge in [0.15, 0.2) is 0 Å². The summed E-state index contributed by atoms with van der Waals surface area (Å²) in [5.74, 6) is 0.123. The molecule has 1 heterocycles. The molecule has 1 N–H and O–H groups in total. The summed E-state index contributed by atoms with van der Waals surface area (Å²) >= 11 is 5.42. The fourth-order valence-corrected chi connectivity index (χ4v) is 1.81. The zero-order valence-corrected chi connectivity index (χ0v) is 10.4. The number of likely N-dealkylation sites (N-methyl/N-ethyl adjacent to an activating group) is 1. The molecule has 0 aromatic heterocycles. The molecule has 0 aromatic carbocycles. The average Bonchev–Trinajstić information content (AvgIpc) is 2.27. The molecule has 1 amide bonds. The van der Waals surface area contributed by atoms with Crippen LogP contribution in [0.4, 0.5) is 0 Å². The van der Waals surface area contributed by atoms with Crippen LogP contribution < -0.4 is 0 Å². The van der Waals surface area contributed by atoms with Crippen molar-refractivity contribution in [2.45, 2.75) is 18.9 Å². The number of carbonyl (C=O) groups excluding carboxylic acids is 1. The number of carbonyl (C=O) groups is 1. The zero-order valence-electron chi connectivity index (χ0n) is 9.60. The van der Waals surface area contributed by atoms with Crippen LogP contribution in [0, 0.1) is 0 Å². The molecule has 0 saturated carbocycles. The summed E-state index contributed by atoms with van der Waals surface area (Å²) in [7, 11) is 1.88. The zero-order chi connectivity index (χ0) is 12.0. The Morgan fingerprint density at radius 3 is 2.75 bits per heavy atom. The molecule has 0 aromatic rings. The van der Waals surface area contributed by atoms with Crippen molar-refractivity contribution in [1.82, 2.24) is 9.80 Å². The number of rotatable bonds is 4.